The molecule has 0 fully saturated rings. The van der Waals surface area contributed by atoms with Gasteiger partial charge in [0.15, 0.2) is 0 Å². The maximum atomic E-state index is 13.7. The Bertz CT molecular complexity index is 824. The third kappa shape index (κ3) is 2.01. The molecule has 0 aliphatic carbocycles. The van der Waals surface area contributed by atoms with Gasteiger partial charge < -0.3 is 4.98 Å². The topological polar surface area (TPSA) is 45.8 Å². The average molecular weight is 254 g/mol. The first kappa shape index (κ1) is 11.6. The Morgan fingerprint density at radius 2 is 1.84 bits per heavy atom. The Morgan fingerprint density at radius 3 is 2.58 bits per heavy atom. The van der Waals surface area contributed by atoms with E-state index in [1.54, 1.807) is 25.1 Å². The molecule has 94 valence electrons. The fourth-order valence-corrected chi connectivity index (χ4v) is 2.18. The number of nitrogens with zero attached hydrogens (tertiary/aromatic N) is 1. The number of fused-ring (bicyclic) bond motifs is 1. The number of rotatable bonds is 1. The number of aryl methyl sites for hydroxylation is 1. The van der Waals surface area contributed by atoms with Gasteiger partial charge in [0.25, 0.3) is 5.56 Å². The molecule has 19 heavy (non-hydrogen) atoms. The number of hydrogen-bond donors (Lipinski definition) is 1. The number of hydrogen-bond acceptors (Lipinski definition) is 2. The Hall–Kier alpha value is -2.49. The Morgan fingerprint density at radius 1 is 1.11 bits per heavy atom. The Labute approximate surface area is 108 Å². The second-order valence-electron chi connectivity index (χ2n) is 4.38. The monoisotopic (exact) mass is 254 g/mol. The molecule has 2 aromatic carbocycles. The van der Waals surface area contributed by atoms with Crippen molar-refractivity contribution in [3.63, 3.8) is 0 Å². The maximum Gasteiger partial charge on any atom is 0.251 e. The van der Waals surface area contributed by atoms with Crippen molar-refractivity contribution in [1.29, 1.82) is 0 Å². The lowest BCUT2D eigenvalue weighted by molar-refractivity contribution is 0.640. The molecule has 0 atom stereocenters. The van der Waals surface area contributed by atoms with Gasteiger partial charge in [0.2, 0.25) is 0 Å². The van der Waals surface area contributed by atoms with E-state index in [1.165, 1.54) is 12.1 Å². The van der Waals surface area contributed by atoms with Crippen LogP contribution in [0, 0.1) is 12.7 Å². The molecule has 1 heterocycles. The summed E-state index contributed by atoms with van der Waals surface area (Å²) >= 11 is 0. The molecule has 1 aromatic heterocycles. The average Bonchev–Trinajstić information content (AvgIpc) is 2.38. The highest BCUT2D eigenvalue weighted by Gasteiger charge is 2.09. The molecule has 0 saturated carbocycles. The van der Waals surface area contributed by atoms with E-state index in [0.717, 1.165) is 10.9 Å². The summed E-state index contributed by atoms with van der Waals surface area (Å²) in [6.45, 7) is 1.75. The van der Waals surface area contributed by atoms with E-state index >= 15 is 0 Å². The minimum atomic E-state index is -0.283. The van der Waals surface area contributed by atoms with Gasteiger partial charge in [-0.2, -0.15) is 0 Å². The molecule has 3 nitrogen and oxygen atoms in total. The van der Waals surface area contributed by atoms with E-state index in [0.29, 0.717) is 16.9 Å². The number of benzene rings is 2. The second-order valence-corrected chi connectivity index (χ2v) is 4.38. The second kappa shape index (κ2) is 4.31. The van der Waals surface area contributed by atoms with Gasteiger partial charge in [0.1, 0.15) is 11.6 Å². The van der Waals surface area contributed by atoms with E-state index in [-0.39, 0.29) is 11.4 Å². The summed E-state index contributed by atoms with van der Waals surface area (Å²) in [6, 6.07) is 11.6. The summed E-state index contributed by atoms with van der Waals surface area (Å²) in [5.41, 5.74) is 1.14. The zero-order valence-corrected chi connectivity index (χ0v) is 10.3. The van der Waals surface area contributed by atoms with Crippen molar-refractivity contribution in [2.45, 2.75) is 6.92 Å². The molecule has 0 aliphatic heterocycles. The van der Waals surface area contributed by atoms with Crippen molar-refractivity contribution in [3.8, 4) is 11.4 Å². The molecule has 0 aliphatic rings. The van der Waals surface area contributed by atoms with Gasteiger partial charge in [-0.15, -0.1) is 0 Å². The highest BCUT2D eigenvalue weighted by Crippen LogP contribution is 2.27. The van der Waals surface area contributed by atoms with Gasteiger partial charge in [-0.1, -0.05) is 24.3 Å². The van der Waals surface area contributed by atoms with Crippen LogP contribution >= 0.6 is 0 Å². The van der Waals surface area contributed by atoms with Gasteiger partial charge in [-0.05, 0) is 24.4 Å². The zero-order valence-electron chi connectivity index (χ0n) is 10.3. The molecule has 0 spiro atoms. The summed E-state index contributed by atoms with van der Waals surface area (Å²) in [4.78, 5) is 18.5. The van der Waals surface area contributed by atoms with Crippen molar-refractivity contribution in [1.82, 2.24) is 9.97 Å². The molecule has 1 N–H and O–H groups in total. The standard InChI is InChI=1S/C15H11FN2O/c1-9-8-14(19)18-15(17-9)12-6-7-13(16)11-5-3-2-4-10(11)12/h2-8H,1H3,(H,17,18,19). The van der Waals surface area contributed by atoms with Gasteiger partial charge >= 0.3 is 0 Å². The predicted molar refractivity (Wildman–Crippen MR) is 72.5 cm³/mol. The first-order valence-electron chi connectivity index (χ1n) is 5.91. The smallest absolute Gasteiger partial charge is 0.251 e. The van der Waals surface area contributed by atoms with E-state index in [2.05, 4.69) is 9.97 Å². The molecular weight excluding hydrogens is 243 g/mol. The van der Waals surface area contributed by atoms with Gasteiger partial charge in [-0.3, -0.25) is 4.79 Å². The van der Waals surface area contributed by atoms with Crippen LogP contribution in [0.5, 0.6) is 0 Å². The molecule has 0 amide bonds. The fraction of sp³-hybridized carbons (Fsp3) is 0.0667. The molecule has 0 radical (unpaired) electrons. The lowest BCUT2D eigenvalue weighted by atomic mass is 10.0. The Balaban J connectivity index is 2.37. The highest BCUT2D eigenvalue weighted by atomic mass is 19.1. The third-order valence-electron chi connectivity index (χ3n) is 3.00. The predicted octanol–water partition coefficient (Wildman–Crippen LogP) is 3.04. The summed E-state index contributed by atoms with van der Waals surface area (Å²) in [5.74, 6) is 0.176. The van der Waals surface area contributed by atoms with Crippen LogP contribution in [0.15, 0.2) is 47.3 Å². The SMILES string of the molecule is Cc1cc(=O)[nH]c(-c2ccc(F)c3ccccc23)n1. The summed E-state index contributed by atoms with van der Waals surface area (Å²) in [5, 5.41) is 1.25. The minimum Gasteiger partial charge on any atom is -0.306 e. The molecule has 0 bridgehead atoms. The fourth-order valence-electron chi connectivity index (χ4n) is 2.18. The van der Waals surface area contributed by atoms with Gasteiger partial charge in [0, 0.05) is 22.7 Å². The van der Waals surface area contributed by atoms with Gasteiger partial charge in [-0.25, -0.2) is 9.37 Å². The number of aromatic amines is 1. The number of nitrogens with one attached hydrogen (secondary N) is 1. The van der Waals surface area contributed by atoms with Crippen LogP contribution < -0.4 is 5.56 Å². The summed E-state index contributed by atoms with van der Waals surface area (Å²) < 4.78 is 13.7. The zero-order chi connectivity index (χ0) is 13.4. The number of halogens is 1. The van der Waals surface area contributed by atoms with Crippen molar-refractivity contribution in [2.75, 3.05) is 0 Å². The van der Waals surface area contributed by atoms with E-state index < -0.39 is 0 Å². The van der Waals surface area contributed by atoms with E-state index in [1.807, 2.05) is 12.1 Å². The van der Waals surface area contributed by atoms with Crippen molar-refractivity contribution < 1.29 is 4.39 Å². The van der Waals surface area contributed by atoms with Crippen molar-refractivity contribution in [3.05, 3.63) is 64.3 Å². The van der Waals surface area contributed by atoms with Crippen LogP contribution in [-0.2, 0) is 0 Å². The lowest BCUT2D eigenvalue weighted by Gasteiger charge is -2.07. The van der Waals surface area contributed by atoms with E-state index in [9.17, 15) is 9.18 Å². The van der Waals surface area contributed by atoms with Crippen LogP contribution in [0.4, 0.5) is 4.39 Å². The maximum absolute atomic E-state index is 13.7. The first-order valence-corrected chi connectivity index (χ1v) is 5.91. The first-order chi connectivity index (χ1) is 9.15. The number of aromatic nitrogens is 2. The lowest BCUT2D eigenvalue weighted by Crippen LogP contribution is -2.08. The molecule has 3 aromatic rings. The molecule has 4 heteroatoms. The van der Waals surface area contributed by atoms with E-state index in [4.69, 9.17) is 0 Å². The highest BCUT2D eigenvalue weighted by molar-refractivity contribution is 5.95. The third-order valence-corrected chi connectivity index (χ3v) is 3.00. The normalized spacial score (nSPS) is 10.8. The quantitative estimate of drug-likeness (QED) is 0.725. The van der Waals surface area contributed by atoms with Crippen molar-refractivity contribution >= 4 is 10.8 Å². The molecule has 0 saturated heterocycles. The van der Waals surface area contributed by atoms with Crippen LogP contribution in [0.2, 0.25) is 0 Å². The minimum absolute atomic E-state index is 0.212. The largest absolute Gasteiger partial charge is 0.306 e. The van der Waals surface area contributed by atoms with Crippen LogP contribution in [-0.4, -0.2) is 9.97 Å². The molecule has 0 unspecified atom stereocenters. The van der Waals surface area contributed by atoms with Crippen LogP contribution in [0.1, 0.15) is 5.69 Å². The molecule has 3 rings (SSSR count). The number of H-pyrrole nitrogens is 1. The van der Waals surface area contributed by atoms with Crippen LogP contribution in [0.25, 0.3) is 22.2 Å². The van der Waals surface area contributed by atoms with Crippen LogP contribution in [0.3, 0.4) is 0 Å². The summed E-state index contributed by atoms with van der Waals surface area (Å²) in [7, 11) is 0. The Kier molecular flexibility index (Phi) is 2.63. The van der Waals surface area contributed by atoms with Crippen molar-refractivity contribution in [2.24, 2.45) is 0 Å². The van der Waals surface area contributed by atoms with Gasteiger partial charge in [0.05, 0.1) is 0 Å². The molecular formula is C15H11FN2O. The summed E-state index contributed by atoms with van der Waals surface area (Å²) in [6.07, 6.45) is 0.